The summed E-state index contributed by atoms with van der Waals surface area (Å²) in [7, 11) is -3.49. The average Bonchev–Trinajstić information content (AvgIpc) is 1.99. The van der Waals surface area contributed by atoms with Gasteiger partial charge in [-0.2, -0.15) is 0 Å². The lowest BCUT2D eigenvalue weighted by atomic mass is 10.1. The van der Waals surface area contributed by atoms with E-state index in [0.29, 0.717) is 0 Å². The maximum absolute atomic E-state index is 11.7. The number of hydrogen-bond donors (Lipinski definition) is 2. The summed E-state index contributed by atoms with van der Waals surface area (Å²) in [5.41, 5.74) is 0. The fraction of sp³-hybridized carbons (Fsp3) is 0.889. The zero-order valence-corrected chi connectivity index (χ0v) is 10.6. The zero-order chi connectivity index (χ0) is 12.4. The molecule has 5 nitrogen and oxygen atoms in total. The third-order valence-electron chi connectivity index (χ3n) is 2.29. The molecule has 2 N–H and O–H groups in total. The maximum Gasteiger partial charge on any atom is 0.307 e. The summed E-state index contributed by atoms with van der Waals surface area (Å²) in [6.45, 7) is 7.70. The minimum absolute atomic E-state index is 0.619. The molecule has 2 unspecified atom stereocenters. The average molecular weight is 237 g/mol. The zero-order valence-electron chi connectivity index (χ0n) is 9.73. The monoisotopic (exact) mass is 237 g/mol. The molecule has 15 heavy (non-hydrogen) atoms. The van der Waals surface area contributed by atoms with E-state index < -0.39 is 32.7 Å². The number of carboxylic acids is 1. The number of carbonyl (C=O) groups is 1. The van der Waals surface area contributed by atoms with E-state index in [0.717, 1.165) is 0 Å². The predicted octanol–water partition coefficient (Wildman–Crippen LogP) is 0.813. The van der Waals surface area contributed by atoms with Crippen molar-refractivity contribution in [1.29, 1.82) is 0 Å². The minimum Gasteiger partial charge on any atom is -0.481 e. The Balaban J connectivity index is 4.70. The van der Waals surface area contributed by atoms with E-state index in [9.17, 15) is 13.2 Å². The van der Waals surface area contributed by atoms with Gasteiger partial charge in [-0.05, 0) is 27.7 Å². The maximum atomic E-state index is 11.7. The molecule has 0 aliphatic carbocycles. The lowest BCUT2D eigenvalue weighted by Crippen LogP contribution is -2.47. The fourth-order valence-electron chi connectivity index (χ4n) is 0.737. The van der Waals surface area contributed by atoms with Gasteiger partial charge in [0.15, 0.2) is 0 Å². The molecule has 0 bridgehead atoms. The van der Waals surface area contributed by atoms with E-state index in [1.807, 2.05) is 0 Å². The van der Waals surface area contributed by atoms with Crippen LogP contribution in [0.2, 0.25) is 0 Å². The van der Waals surface area contributed by atoms with Gasteiger partial charge in [-0.25, -0.2) is 13.1 Å². The van der Waals surface area contributed by atoms with Gasteiger partial charge in [-0.3, -0.25) is 4.79 Å². The first-order valence-corrected chi connectivity index (χ1v) is 6.22. The molecule has 0 radical (unpaired) electrons. The van der Waals surface area contributed by atoms with E-state index in [-0.39, 0.29) is 0 Å². The van der Waals surface area contributed by atoms with Crippen molar-refractivity contribution in [1.82, 2.24) is 4.72 Å². The van der Waals surface area contributed by atoms with Crippen LogP contribution in [0.3, 0.4) is 0 Å². The van der Waals surface area contributed by atoms with Crippen molar-refractivity contribution in [2.75, 3.05) is 0 Å². The van der Waals surface area contributed by atoms with Gasteiger partial charge in [-0.1, -0.05) is 6.92 Å². The van der Waals surface area contributed by atoms with Crippen LogP contribution >= 0.6 is 0 Å². The molecule has 0 aliphatic heterocycles. The van der Waals surface area contributed by atoms with Crippen molar-refractivity contribution < 1.29 is 18.3 Å². The Labute approximate surface area is 90.9 Å². The Morgan fingerprint density at radius 3 is 1.93 bits per heavy atom. The summed E-state index contributed by atoms with van der Waals surface area (Å²) in [6.07, 6.45) is 0. The van der Waals surface area contributed by atoms with Crippen LogP contribution in [0.5, 0.6) is 0 Å². The fourth-order valence-corrected chi connectivity index (χ4v) is 1.78. The first kappa shape index (κ1) is 14.4. The standard InChI is InChI=1S/C9H19NO4S/c1-6(8(11)12)7(2)10-15(13,14)9(3,4)5/h6-7,10H,1-5H3,(H,11,12). The molecule has 0 heterocycles. The molecule has 2 atom stereocenters. The molecular weight excluding hydrogens is 218 g/mol. The van der Waals surface area contributed by atoms with E-state index in [2.05, 4.69) is 4.72 Å². The highest BCUT2D eigenvalue weighted by Crippen LogP contribution is 2.15. The van der Waals surface area contributed by atoms with E-state index in [1.165, 1.54) is 6.92 Å². The number of sulfonamides is 1. The van der Waals surface area contributed by atoms with Crippen LogP contribution in [0, 0.1) is 5.92 Å². The topological polar surface area (TPSA) is 83.5 Å². The number of nitrogens with one attached hydrogen (secondary N) is 1. The van der Waals surface area contributed by atoms with Crippen LogP contribution in [-0.4, -0.2) is 30.3 Å². The SMILES string of the molecule is CC(NS(=O)(=O)C(C)(C)C)C(C)C(=O)O. The largest absolute Gasteiger partial charge is 0.481 e. The molecule has 6 heteroatoms. The van der Waals surface area contributed by atoms with Crippen LogP contribution in [0.25, 0.3) is 0 Å². The number of hydrogen-bond acceptors (Lipinski definition) is 3. The van der Waals surface area contributed by atoms with Gasteiger partial charge >= 0.3 is 5.97 Å². The molecule has 0 spiro atoms. The number of aliphatic carboxylic acids is 1. The lowest BCUT2D eigenvalue weighted by Gasteiger charge is -2.24. The molecule has 0 amide bonds. The number of carboxylic acid groups (broad SMARTS) is 1. The summed E-state index contributed by atoms with van der Waals surface area (Å²) in [4.78, 5) is 10.6. The van der Waals surface area contributed by atoms with Crippen molar-refractivity contribution in [3.63, 3.8) is 0 Å². The third-order valence-corrected chi connectivity index (χ3v) is 4.58. The highest BCUT2D eigenvalue weighted by Gasteiger charge is 2.32. The summed E-state index contributed by atoms with van der Waals surface area (Å²) >= 11 is 0. The Morgan fingerprint density at radius 1 is 1.27 bits per heavy atom. The van der Waals surface area contributed by atoms with Gasteiger partial charge in [0.1, 0.15) is 0 Å². The highest BCUT2D eigenvalue weighted by atomic mass is 32.2. The van der Waals surface area contributed by atoms with Gasteiger partial charge < -0.3 is 5.11 Å². The molecule has 0 aliphatic rings. The Hall–Kier alpha value is -0.620. The summed E-state index contributed by atoms with van der Waals surface area (Å²) < 4.78 is 24.8. The van der Waals surface area contributed by atoms with Crippen LogP contribution in [0.15, 0.2) is 0 Å². The summed E-state index contributed by atoms with van der Waals surface area (Å²) in [5, 5.41) is 8.72. The minimum atomic E-state index is -3.49. The van der Waals surface area contributed by atoms with Crippen LogP contribution in [0.4, 0.5) is 0 Å². The predicted molar refractivity (Wildman–Crippen MR) is 58.1 cm³/mol. The molecule has 0 saturated carbocycles. The lowest BCUT2D eigenvalue weighted by molar-refractivity contribution is -0.141. The highest BCUT2D eigenvalue weighted by molar-refractivity contribution is 7.90. The van der Waals surface area contributed by atoms with Crippen molar-refractivity contribution in [3.8, 4) is 0 Å². The number of rotatable bonds is 4. The van der Waals surface area contributed by atoms with E-state index in [1.54, 1.807) is 27.7 Å². The quantitative estimate of drug-likeness (QED) is 0.758. The summed E-state index contributed by atoms with van der Waals surface area (Å²) in [6, 6.07) is -0.619. The smallest absolute Gasteiger partial charge is 0.307 e. The third kappa shape index (κ3) is 3.79. The second kappa shape index (κ2) is 4.49. The Morgan fingerprint density at radius 2 is 1.67 bits per heavy atom. The molecule has 0 aromatic rings. The van der Waals surface area contributed by atoms with Crippen LogP contribution in [-0.2, 0) is 14.8 Å². The molecular formula is C9H19NO4S. The van der Waals surface area contributed by atoms with Crippen LogP contribution in [0.1, 0.15) is 34.6 Å². The van der Waals surface area contributed by atoms with Crippen molar-refractivity contribution in [3.05, 3.63) is 0 Å². The van der Waals surface area contributed by atoms with E-state index in [4.69, 9.17) is 5.11 Å². The van der Waals surface area contributed by atoms with Gasteiger partial charge in [0.05, 0.1) is 10.7 Å². The summed E-state index contributed by atoms with van der Waals surface area (Å²) in [5.74, 6) is -1.76. The van der Waals surface area contributed by atoms with Crippen molar-refractivity contribution in [2.45, 2.75) is 45.4 Å². The first-order valence-electron chi connectivity index (χ1n) is 4.73. The van der Waals surface area contributed by atoms with Gasteiger partial charge in [-0.15, -0.1) is 0 Å². The molecule has 90 valence electrons. The van der Waals surface area contributed by atoms with Crippen molar-refractivity contribution >= 4 is 16.0 Å². The van der Waals surface area contributed by atoms with Gasteiger partial charge in [0.25, 0.3) is 0 Å². The van der Waals surface area contributed by atoms with Crippen LogP contribution < -0.4 is 4.72 Å². The Bertz CT molecular complexity index is 329. The second-order valence-electron chi connectivity index (χ2n) is 4.65. The molecule has 0 aromatic heterocycles. The molecule has 0 rings (SSSR count). The molecule has 0 aromatic carbocycles. The Kier molecular flexibility index (Phi) is 4.30. The first-order chi connectivity index (χ1) is 6.49. The van der Waals surface area contributed by atoms with E-state index >= 15 is 0 Å². The second-order valence-corrected chi connectivity index (χ2v) is 7.12. The molecule has 0 saturated heterocycles. The van der Waals surface area contributed by atoms with Gasteiger partial charge in [0.2, 0.25) is 10.0 Å². The normalized spacial score (nSPS) is 17.1. The van der Waals surface area contributed by atoms with Crippen molar-refractivity contribution in [2.24, 2.45) is 5.92 Å². The van der Waals surface area contributed by atoms with Gasteiger partial charge in [0, 0.05) is 6.04 Å². The molecule has 0 fully saturated rings.